The molecule has 3 heteroatoms. The Kier molecular flexibility index (Phi) is 4.15. The molecule has 0 radical (unpaired) electrons. The molecule has 0 amide bonds. The maximum atomic E-state index is 9.08. The maximum Gasteiger partial charge on any atom is 0.134 e. The number of rotatable bonds is 5. The first-order valence-electron chi connectivity index (χ1n) is 7.13. The van der Waals surface area contributed by atoms with Gasteiger partial charge in [0.1, 0.15) is 11.3 Å². The van der Waals surface area contributed by atoms with Crippen LogP contribution in [0.4, 0.5) is 0 Å². The van der Waals surface area contributed by atoms with Crippen LogP contribution in [-0.4, -0.2) is 6.54 Å². The van der Waals surface area contributed by atoms with Crippen LogP contribution in [-0.2, 0) is 6.42 Å². The Bertz CT molecular complexity index is 634. The van der Waals surface area contributed by atoms with Gasteiger partial charge in [-0.05, 0) is 33.3 Å². The largest absolute Gasteiger partial charge is 0.459 e. The molecule has 1 aromatic heterocycles. The third-order valence-electron chi connectivity index (χ3n) is 3.63. The van der Waals surface area contributed by atoms with Crippen LogP contribution in [0.1, 0.15) is 45.1 Å². The topological polar surface area (TPSA) is 49.0 Å². The molecule has 2 rings (SSSR count). The van der Waals surface area contributed by atoms with Crippen LogP contribution in [0.5, 0.6) is 0 Å². The van der Waals surface area contributed by atoms with Crippen LogP contribution in [0.2, 0.25) is 0 Å². The van der Waals surface area contributed by atoms with E-state index in [0.717, 1.165) is 17.8 Å². The Labute approximate surface area is 120 Å². The van der Waals surface area contributed by atoms with Gasteiger partial charge in [-0.15, -0.1) is 0 Å². The second-order valence-corrected chi connectivity index (χ2v) is 5.89. The van der Waals surface area contributed by atoms with E-state index < -0.39 is 0 Å². The average Bonchev–Trinajstić information content (AvgIpc) is 2.83. The summed E-state index contributed by atoms with van der Waals surface area (Å²) in [7, 11) is 0. The quantitative estimate of drug-likeness (QED) is 0.886. The van der Waals surface area contributed by atoms with Gasteiger partial charge in [0, 0.05) is 17.5 Å². The summed E-state index contributed by atoms with van der Waals surface area (Å²) in [6.45, 7) is 8.75. The van der Waals surface area contributed by atoms with Crippen LogP contribution >= 0.6 is 0 Å². The van der Waals surface area contributed by atoms with Gasteiger partial charge in [0.25, 0.3) is 0 Å². The number of nitrogens with zero attached hydrogens (tertiary/aromatic N) is 1. The SMILES string of the molecule is CCc1c(C(C)NCC(C)(C)C#N)oc2ccccc12. The van der Waals surface area contributed by atoms with E-state index in [1.165, 1.54) is 10.9 Å². The molecule has 2 aromatic rings. The zero-order chi connectivity index (χ0) is 14.8. The number of hydrogen-bond acceptors (Lipinski definition) is 3. The standard InChI is InChI=1S/C17H22N2O/c1-5-13-14-8-6-7-9-15(14)20-16(13)12(2)19-11-17(3,4)10-18/h6-9,12,19H,5,11H2,1-4H3. The van der Waals surface area contributed by atoms with E-state index in [1.54, 1.807) is 0 Å². The lowest BCUT2D eigenvalue weighted by molar-refractivity contribution is 0.381. The van der Waals surface area contributed by atoms with Gasteiger partial charge in [-0.3, -0.25) is 0 Å². The van der Waals surface area contributed by atoms with Gasteiger partial charge >= 0.3 is 0 Å². The third kappa shape index (κ3) is 2.86. The van der Waals surface area contributed by atoms with Crippen molar-refractivity contribution in [2.45, 2.75) is 40.2 Å². The molecule has 106 valence electrons. The van der Waals surface area contributed by atoms with Crippen LogP contribution in [0.25, 0.3) is 11.0 Å². The van der Waals surface area contributed by atoms with Crippen molar-refractivity contribution in [3.05, 3.63) is 35.6 Å². The van der Waals surface area contributed by atoms with Crippen molar-refractivity contribution in [3.63, 3.8) is 0 Å². The number of fused-ring (bicyclic) bond motifs is 1. The Morgan fingerprint density at radius 1 is 1.35 bits per heavy atom. The highest BCUT2D eigenvalue weighted by molar-refractivity contribution is 5.82. The number of aryl methyl sites for hydroxylation is 1. The van der Waals surface area contributed by atoms with Gasteiger partial charge in [-0.2, -0.15) is 5.26 Å². The summed E-state index contributed by atoms with van der Waals surface area (Å²) in [5, 5.41) is 13.7. The highest BCUT2D eigenvalue weighted by atomic mass is 16.3. The average molecular weight is 270 g/mol. The van der Waals surface area contributed by atoms with Crippen molar-refractivity contribution in [1.82, 2.24) is 5.32 Å². The summed E-state index contributed by atoms with van der Waals surface area (Å²) < 4.78 is 6.01. The zero-order valence-corrected chi connectivity index (χ0v) is 12.7. The minimum atomic E-state index is -0.368. The third-order valence-corrected chi connectivity index (χ3v) is 3.63. The summed E-state index contributed by atoms with van der Waals surface area (Å²) in [6, 6.07) is 10.6. The Morgan fingerprint density at radius 2 is 2.05 bits per heavy atom. The molecule has 3 nitrogen and oxygen atoms in total. The van der Waals surface area contributed by atoms with Crippen molar-refractivity contribution in [2.24, 2.45) is 5.41 Å². The summed E-state index contributed by atoms with van der Waals surface area (Å²) in [6.07, 6.45) is 0.944. The number of para-hydroxylation sites is 1. The molecule has 0 bridgehead atoms. The van der Waals surface area contributed by atoms with Crippen molar-refractivity contribution in [2.75, 3.05) is 6.54 Å². The van der Waals surface area contributed by atoms with Crippen LogP contribution < -0.4 is 5.32 Å². The van der Waals surface area contributed by atoms with Gasteiger partial charge in [-0.25, -0.2) is 0 Å². The van der Waals surface area contributed by atoms with E-state index >= 15 is 0 Å². The number of furan rings is 1. The van der Waals surface area contributed by atoms with Crippen molar-refractivity contribution < 1.29 is 4.42 Å². The lowest BCUT2D eigenvalue weighted by Crippen LogP contribution is -2.30. The second-order valence-electron chi connectivity index (χ2n) is 5.89. The first-order valence-corrected chi connectivity index (χ1v) is 7.13. The van der Waals surface area contributed by atoms with Gasteiger partial charge in [0.2, 0.25) is 0 Å². The van der Waals surface area contributed by atoms with E-state index in [0.29, 0.717) is 6.54 Å². The second kappa shape index (κ2) is 5.68. The van der Waals surface area contributed by atoms with Gasteiger partial charge < -0.3 is 9.73 Å². The first kappa shape index (κ1) is 14.6. The van der Waals surface area contributed by atoms with Crippen LogP contribution in [0.3, 0.4) is 0 Å². The smallest absolute Gasteiger partial charge is 0.134 e. The minimum Gasteiger partial charge on any atom is -0.459 e. The lowest BCUT2D eigenvalue weighted by atomic mass is 9.95. The summed E-state index contributed by atoms with van der Waals surface area (Å²) in [5.41, 5.74) is 1.83. The number of benzene rings is 1. The van der Waals surface area contributed by atoms with E-state index in [1.807, 2.05) is 32.0 Å². The monoisotopic (exact) mass is 270 g/mol. The van der Waals surface area contributed by atoms with E-state index in [4.69, 9.17) is 9.68 Å². The fourth-order valence-corrected chi connectivity index (χ4v) is 2.37. The highest BCUT2D eigenvalue weighted by Crippen LogP contribution is 2.30. The van der Waals surface area contributed by atoms with E-state index in [9.17, 15) is 0 Å². The van der Waals surface area contributed by atoms with E-state index in [2.05, 4.69) is 31.3 Å². The maximum absolute atomic E-state index is 9.08. The van der Waals surface area contributed by atoms with Crippen molar-refractivity contribution >= 4 is 11.0 Å². The van der Waals surface area contributed by atoms with Crippen LogP contribution in [0.15, 0.2) is 28.7 Å². The molecule has 1 heterocycles. The fourth-order valence-electron chi connectivity index (χ4n) is 2.37. The number of nitrogens with one attached hydrogen (secondary N) is 1. The molecule has 0 saturated heterocycles. The van der Waals surface area contributed by atoms with Crippen molar-refractivity contribution in [1.29, 1.82) is 5.26 Å². The molecule has 0 aliphatic heterocycles. The fraction of sp³-hybridized carbons (Fsp3) is 0.471. The van der Waals surface area contributed by atoms with Crippen molar-refractivity contribution in [3.8, 4) is 6.07 Å². The Balaban J connectivity index is 2.26. The molecular weight excluding hydrogens is 248 g/mol. The highest BCUT2D eigenvalue weighted by Gasteiger charge is 2.21. The molecular formula is C17H22N2O. The molecule has 0 aliphatic carbocycles. The molecule has 1 unspecified atom stereocenters. The zero-order valence-electron chi connectivity index (χ0n) is 12.7. The molecule has 1 aromatic carbocycles. The Hall–Kier alpha value is -1.79. The molecule has 20 heavy (non-hydrogen) atoms. The predicted octanol–water partition coefficient (Wildman–Crippen LogP) is 4.20. The molecule has 0 aliphatic rings. The summed E-state index contributed by atoms with van der Waals surface area (Å²) in [4.78, 5) is 0. The normalized spacial score (nSPS) is 13.3. The summed E-state index contributed by atoms with van der Waals surface area (Å²) in [5.74, 6) is 0.988. The van der Waals surface area contributed by atoms with Gasteiger partial charge in [-0.1, -0.05) is 25.1 Å². The predicted molar refractivity (Wildman–Crippen MR) is 81.4 cm³/mol. The van der Waals surface area contributed by atoms with Gasteiger partial charge in [0.15, 0.2) is 0 Å². The molecule has 0 saturated carbocycles. The first-order chi connectivity index (χ1) is 9.48. The van der Waals surface area contributed by atoms with E-state index in [-0.39, 0.29) is 11.5 Å². The molecule has 0 spiro atoms. The Morgan fingerprint density at radius 3 is 2.70 bits per heavy atom. The van der Waals surface area contributed by atoms with Crippen LogP contribution in [0, 0.1) is 16.7 Å². The lowest BCUT2D eigenvalue weighted by Gasteiger charge is -2.20. The minimum absolute atomic E-state index is 0.102. The number of nitriles is 1. The molecule has 0 fully saturated rings. The van der Waals surface area contributed by atoms with Gasteiger partial charge in [0.05, 0.1) is 17.5 Å². The molecule has 1 atom stereocenters. The summed E-state index contributed by atoms with van der Waals surface area (Å²) >= 11 is 0. The number of hydrogen-bond donors (Lipinski definition) is 1. The molecule has 1 N–H and O–H groups in total.